The van der Waals surface area contributed by atoms with Crippen LogP contribution >= 0.6 is 0 Å². The fourth-order valence-corrected chi connectivity index (χ4v) is 2.72. The molecule has 0 radical (unpaired) electrons. The van der Waals surface area contributed by atoms with Gasteiger partial charge in [0.25, 0.3) is 0 Å². The number of hydrogen-bond acceptors (Lipinski definition) is 3. The third kappa shape index (κ3) is 2.68. The summed E-state index contributed by atoms with van der Waals surface area (Å²) in [6.45, 7) is 8.08. The van der Waals surface area contributed by atoms with Crippen LogP contribution in [0.5, 0.6) is 0 Å². The maximum atomic E-state index is 5.74. The topological polar surface area (TPSA) is 47.3 Å². The summed E-state index contributed by atoms with van der Waals surface area (Å²) in [6.07, 6.45) is 8.35. The fraction of sp³-hybridized carbons (Fsp3) is 0.571. The van der Waals surface area contributed by atoms with Gasteiger partial charge in [-0.1, -0.05) is 24.8 Å². The Bertz CT molecular complexity index is 338. The number of ether oxygens (including phenoxy) is 1. The van der Waals surface area contributed by atoms with Gasteiger partial charge in [0.1, 0.15) is 0 Å². The van der Waals surface area contributed by atoms with E-state index in [0.29, 0.717) is 6.54 Å². The number of piperidine rings is 1. The minimum atomic E-state index is 0.265. The van der Waals surface area contributed by atoms with E-state index in [2.05, 4.69) is 18.0 Å². The lowest BCUT2D eigenvalue weighted by atomic mass is 9.74. The molecule has 2 aliphatic rings. The van der Waals surface area contributed by atoms with E-state index in [1.165, 1.54) is 18.4 Å². The lowest BCUT2D eigenvalue weighted by molar-refractivity contribution is 0.131. The van der Waals surface area contributed by atoms with Gasteiger partial charge in [0, 0.05) is 12.0 Å². The highest BCUT2D eigenvalue weighted by atomic mass is 16.5. The van der Waals surface area contributed by atoms with Gasteiger partial charge in [0.15, 0.2) is 0 Å². The average molecular weight is 234 g/mol. The van der Waals surface area contributed by atoms with Crippen LogP contribution in [0.15, 0.2) is 36.0 Å². The van der Waals surface area contributed by atoms with Crippen LogP contribution in [-0.4, -0.2) is 32.8 Å². The van der Waals surface area contributed by atoms with Gasteiger partial charge < -0.3 is 15.8 Å². The molecule has 1 spiro atoms. The van der Waals surface area contributed by atoms with E-state index < -0.39 is 0 Å². The molecule has 3 N–H and O–H groups in total. The summed E-state index contributed by atoms with van der Waals surface area (Å²) >= 11 is 0. The van der Waals surface area contributed by atoms with Gasteiger partial charge in [0.2, 0.25) is 0 Å². The molecular formula is C14H22N2O. The first-order chi connectivity index (χ1) is 8.30. The second-order valence-electron chi connectivity index (χ2n) is 4.87. The molecule has 2 aliphatic heterocycles. The second-order valence-corrected chi connectivity index (χ2v) is 4.87. The molecule has 0 amide bonds. The van der Waals surface area contributed by atoms with E-state index in [0.717, 1.165) is 31.9 Å². The summed E-state index contributed by atoms with van der Waals surface area (Å²) in [7, 11) is 0. The molecule has 2 heterocycles. The summed E-state index contributed by atoms with van der Waals surface area (Å²) < 4.78 is 5.68. The normalized spacial score (nSPS) is 26.6. The SMILES string of the molecule is C=C/C=C(\C=C1/COCC12CCNCC2)CN. The standard InChI is InChI=1S/C14H22N2O/c1-2-3-12(9-15)8-13-10-17-11-14(13)4-6-16-7-5-14/h2-3,8,16H,1,4-7,9-11,15H2/b12-3+,13-8+. The van der Waals surface area contributed by atoms with Crippen molar-refractivity contribution < 1.29 is 4.74 Å². The van der Waals surface area contributed by atoms with Crippen LogP contribution in [0.3, 0.4) is 0 Å². The maximum Gasteiger partial charge on any atom is 0.0686 e. The molecule has 3 heteroatoms. The summed E-state index contributed by atoms with van der Waals surface area (Å²) in [4.78, 5) is 0. The smallest absolute Gasteiger partial charge is 0.0686 e. The lowest BCUT2D eigenvalue weighted by Gasteiger charge is -2.34. The van der Waals surface area contributed by atoms with Crippen molar-refractivity contribution in [2.45, 2.75) is 12.8 Å². The molecule has 2 fully saturated rings. The highest BCUT2D eigenvalue weighted by Gasteiger charge is 2.40. The Kier molecular flexibility index (Phi) is 4.15. The van der Waals surface area contributed by atoms with Gasteiger partial charge in [-0.3, -0.25) is 0 Å². The molecule has 0 atom stereocenters. The monoisotopic (exact) mass is 234 g/mol. The lowest BCUT2D eigenvalue weighted by Crippen LogP contribution is -2.38. The second kappa shape index (κ2) is 5.63. The van der Waals surface area contributed by atoms with Gasteiger partial charge in [-0.25, -0.2) is 0 Å². The van der Waals surface area contributed by atoms with Crippen LogP contribution < -0.4 is 11.1 Å². The Balaban J connectivity index is 2.20. The van der Waals surface area contributed by atoms with Crippen molar-refractivity contribution in [1.29, 1.82) is 0 Å². The van der Waals surface area contributed by atoms with Gasteiger partial charge in [-0.05, 0) is 37.1 Å². The quantitative estimate of drug-likeness (QED) is 0.725. The minimum Gasteiger partial charge on any atom is -0.376 e. The van der Waals surface area contributed by atoms with Crippen LogP contribution in [-0.2, 0) is 4.74 Å². The molecule has 0 aromatic carbocycles. The molecular weight excluding hydrogens is 212 g/mol. The minimum absolute atomic E-state index is 0.265. The number of allylic oxidation sites excluding steroid dienone is 2. The molecule has 0 aliphatic carbocycles. The highest BCUT2D eigenvalue weighted by Crippen LogP contribution is 2.42. The van der Waals surface area contributed by atoms with Crippen LogP contribution in [0.4, 0.5) is 0 Å². The molecule has 17 heavy (non-hydrogen) atoms. The third-order valence-corrected chi connectivity index (χ3v) is 3.81. The number of nitrogens with two attached hydrogens (primary N) is 1. The van der Waals surface area contributed by atoms with Crippen molar-refractivity contribution >= 4 is 0 Å². The van der Waals surface area contributed by atoms with E-state index in [4.69, 9.17) is 10.5 Å². The molecule has 3 nitrogen and oxygen atoms in total. The first kappa shape index (κ1) is 12.6. The first-order valence-corrected chi connectivity index (χ1v) is 6.32. The zero-order valence-corrected chi connectivity index (χ0v) is 10.4. The highest BCUT2D eigenvalue weighted by molar-refractivity contribution is 5.33. The molecule has 0 aromatic heterocycles. The zero-order valence-electron chi connectivity index (χ0n) is 10.4. The maximum absolute atomic E-state index is 5.74. The zero-order chi connectivity index (χ0) is 12.1. The van der Waals surface area contributed by atoms with Crippen molar-refractivity contribution in [1.82, 2.24) is 5.32 Å². The first-order valence-electron chi connectivity index (χ1n) is 6.32. The van der Waals surface area contributed by atoms with Crippen molar-refractivity contribution in [2.24, 2.45) is 11.1 Å². The van der Waals surface area contributed by atoms with Crippen molar-refractivity contribution in [3.05, 3.63) is 36.0 Å². The van der Waals surface area contributed by atoms with Crippen LogP contribution in [0.2, 0.25) is 0 Å². The fourth-order valence-electron chi connectivity index (χ4n) is 2.72. The van der Waals surface area contributed by atoms with E-state index in [-0.39, 0.29) is 5.41 Å². The van der Waals surface area contributed by atoms with Crippen LogP contribution in [0.1, 0.15) is 12.8 Å². The largest absolute Gasteiger partial charge is 0.376 e. The molecule has 0 saturated carbocycles. The van der Waals surface area contributed by atoms with Crippen LogP contribution in [0.25, 0.3) is 0 Å². The Morgan fingerprint density at radius 2 is 2.24 bits per heavy atom. The molecule has 0 bridgehead atoms. The van der Waals surface area contributed by atoms with E-state index in [9.17, 15) is 0 Å². The molecule has 2 saturated heterocycles. The Hall–Kier alpha value is -0.900. The van der Waals surface area contributed by atoms with Crippen LogP contribution in [0, 0.1) is 5.41 Å². The van der Waals surface area contributed by atoms with Gasteiger partial charge in [0.05, 0.1) is 13.2 Å². The van der Waals surface area contributed by atoms with Crippen molar-refractivity contribution in [2.75, 3.05) is 32.8 Å². The number of hydrogen-bond donors (Lipinski definition) is 2. The van der Waals surface area contributed by atoms with Crippen molar-refractivity contribution in [3.63, 3.8) is 0 Å². The molecule has 0 unspecified atom stereocenters. The van der Waals surface area contributed by atoms with Gasteiger partial charge in [-0.15, -0.1) is 0 Å². The van der Waals surface area contributed by atoms with E-state index in [1.54, 1.807) is 6.08 Å². The molecule has 0 aromatic rings. The van der Waals surface area contributed by atoms with E-state index in [1.807, 2.05) is 6.08 Å². The van der Waals surface area contributed by atoms with E-state index >= 15 is 0 Å². The van der Waals surface area contributed by atoms with Gasteiger partial charge in [-0.2, -0.15) is 0 Å². The summed E-state index contributed by atoms with van der Waals surface area (Å²) in [5.41, 5.74) is 8.56. The summed E-state index contributed by atoms with van der Waals surface area (Å²) in [5.74, 6) is 0. The molecule has 94 valence electrons. The van der Waals surface area contributed by atoms with Crippen molar-refractivity contribution in [3.8, 4) is 0 Å². The summed E-state index contributed by atoms with van der Waals surface area (Å²) in [6, 6.07) is 0. The average Bonchev–Trinajstić information content (AvgIpc) is 2.72. The van der Waals surface area contributed by atoms with Gasteiger partial charge >= 0.3 is 0 Å². The Morgan fingerprint density at radius 1 is 1.47 bits per heavy atom. The summed E-state index contributed by atoms with van der Waals surface area (Å²) in [5, 5.41) is 3.41. The predicted molar refractivity (Wildman–Crippen MR) is 70.8 cm³/mol. The predicted octanol–water partition coefficient (Wildman–Crippen LogP) is 1.38. The number of rotatable bonds is 3. The Morgan fingerprint density at radius 3 is 2.88 bits per heavy atom. The molecule has 2 rings (SSSR count). The number of nitrogens with one attached hydrogen (secondary N) is 1. The Labute approximate surface area is 103 Å². The third-order valence-electron chi connectivity index (χ3n) is 3.81.